The number of nitrogens with zero attached hydrogens (tertiary/aromatic N) is 1. The van der Waals surface area contributed by atoms with Crippen LogP contribution in [0.4, 0.5) is 11.4 Å². The number of thiophene rings is 1. The molecule has 2 heterocycles. The average molecular weight is 337 g/mol. The summed E-state index contributed by atoms with van der Waals surface area (Å²) in [4.78, 5) is 15.2. The summed E-state index contributed by atoms with van der Waals surface area (Å²) in [7, 11) is 0. The van der Waals surface area contributed by atoms with Gasteiger partial charge in [-0.3, -0.25) is 4.79 Å². The Bertz CT molecular complexity index is 638. The van der Waals surface area contributed by atoms with Crippen LogP contribution in [0.1, 0.15) is 21.7 Å². The van der Waals surface area contributed by atoms with Crippen LogP contribution in [0.2, 0.25) is 0 Å². The maximum atomic E-state index is 12.6. The Morgan fingerprint density at radius 3 is 2.95 bits per heavy atom. The Morgan fingerprint density at radius 1 is 1.37 bits per heavy atom. The lowest BCUT2D eigenvalue weighted by Crippen LogP contribution is -2.35. The zero-order valence-electron chi connectivity index (χ0n) is 10.2. The van der Waals surface area contributed by atoms with Crippen LogP contribution in [0.25, 0.3) is 0 Å². The topological polar surface area (TPSA) is 46.3 Å². The molecule has 98 valence electrons. The molecule has 0 saturated heterocycles. The quantitative estimate of drug-likeness (QED) is 0.807. The van der Waals surface area contributed by atoms with E-state index >= 15 is 0 Å². The predicted octanol–water partition coefficient (Wildman–Crippen LogP) is 3.69. The minimum absolute atomic E-state index is 0.0626. The highest BCUT2D eigenvalue weighted by Gasteiger charge is 2.25. The molecule has 1 amide bonds. The number of nitrogens with two attached hydrogens (primary N) is 1. The Hall–Kier alpha value is -1.33. The molecule has 3 rings (SSSR count). The van der Waals surface area contributed by atoms with Crippen LogP contribution in [-0.4, -0.2) is 12.5 Å². The van der Waals surface area contributed by atoms with Crippen molar-refractivity contribution in [2.45, 2.75) is 12.8 Å². The summed E-state index contributed by atoms with van der Waals surface area (Å²) < 4.78 is 0.866. The summed E-state index contributed by atoms with van der Waals surface area (Å²) in [6.07, 6.45) is 1.96. The van der Waals surface area contributed by atoms with Crippen LogP contribution < -0.4 is 10.6 Å². The van der Waals surface area contributed by atoms with Crippen molar-refractivity contribution in [3.05, 3.63) is 44.6 Å². The van der Waals surface area contributed by atoms with Gasteiger partial charge in [0.25, 0.3) is 5.91 Å². The number of nitrogen functional groups attached to an aromatic ring is 1. The van der Waals surface area contributed by atoms with Crippen molar-refractivity contribution in [1.82, 2.24) is 0 Å². The van der Waals surface area contributed by atoms with Crippen molar-refractivity contribution in [2.24, 2.45) is 0 Å². The zero-order chi connectivity index (χ0) is 13.4. The van der Waals surface area contributed by atoms with Gasteiger partial charge in [0.2, 0.25) is 0 Å². The molecule has 3 nitrogen and oxygen atoms in total. The zero-order valence-corrected chi connectivity index (χ0v) is 12.6. The van der Waals surface area contributed by atoms with E-state index in [9.17, 15) is 4.79 Å². The fraction of sp³-hybridized carbons (Fsp3) is 0.214. The first-order valence-electron chi connectivity index (χ1n) is 6.10. The van der Waals surface area contributed by atoms with Crippen molar-refractivity contribution >= 4 is 44.5 Å². The fourth-order valence-corrected chi connectivity index (χ4v) is 3.89. The summed E-state index contributed by atoms with van der Waals surface area (Å²) in [6.45, 7) is 0.764. The van der Waals surface area contributed by atoms with Crippen LogP contribution in [-0.2, 0) is 6.42 Å². The number of fused-ring (bicyclic) bond motifs is 1. The lowest BCUT2D eigenvalue weighted by molar-refractivity contribution is 0.0988. The second-order valence-corrected chi connectivity index (χ2v) is 6.32. The second kappa shape index (κ2) is 4.98. The number of carbonyl (C=O) groups excluding carboxylic acids is 1. The van der Waals surface area contributed by atoms with Gasteiger partial charge in [0.15, 0.2) is 0 Å². The maximum absolute atomic E-state index is 12.6. The summed E-state index contributed by atoms with van der Waals surface area (Å²) in [5.41, 5.74) is 8.72. The maximum Gasteiger partial charge on any atom is 0.269 e. The number of benzene rings is 1. The SMILES string of the molecule is Nc1ccc2c(c1)CCCN2C(=O)c1sccc1Br. The first-order chi connectivity index (χ1) is 9.16. The van der Waals surface area contributed by atoms with Gasteiger partial charge >= 0.3 is 0 Å². The Morgan fingerprint density at radius 2 is 2.21 bits per heavy atom. The van der Waals surface area contributed by atoms with Gasteiger partial charge in [-0.05, 0) is 64.0 Å². The molecule has 1 aliphatic rings. The second-order valence-electron chi connectivity index (χ2n) is 4.55. The first kappa shape index (κ1) is 12.7. The number of hydrogen-bond acceptors (Lipinski definition) is 3. The van der Waals surface area contributed by atoms with Gasteiger partial charge in [0, 0.05) is 22.4 Å². The third kappa shape index (κ3) is 2.28. The predicted molar refractivity (Wildman–Crippen MR) is 82.9 cm³/mol. The fourth-order valence-electron chi connectivity index (χ4n) is 2.40. The largest absolute Gasteiger partial charge is 0.399 e. The van der Waals surface area contributed by atoms with Gasteiger partial charge in [-0.2, -0.15) is 0 Å². The van der Waals surface area contributed by atoms with Gasteiger partial charge in [-0.1, -0.05) is 0 Å². The average Bonchev–Trinajstić information content (AvgIpc) is 2.83. The van der Waals surface area contributed by atoms with Gasteiger partial charge in [-0.15, -0.1) is 11.3 Å². The van der Waals surface area contributed by atoms with E-state index in [4.69, 9.17) is 5.73 Å². The Balaban J connectivity index is 2.00. The minimum Gasteiger partial charge on any atom is -0.399 e. The van der Waals surface area contributed by atoms with Crippen LogP contribution in [0.5, 0.6) is 0 Å². The van der Waals surface area contributed by atoms with Crippen molar-refractivity contribution in [3.8, 4) is 0 Å². The molecule has 0 radical (unpaired) electrons. The highest BCUT2D eigenvalue weighted by atomic mass is 79.9. The van der Waals surface area contributed by atoms with E-state index in [2.05, 4.69) is 15.9 Å². The number of rotatable bonds is 1. The van der Waals surface area contributed by atoms with E-state index in [1.807, 2.05) is 34.5 Å². The number of aryl methyl sites for hydroxylation is 1. The number of anilines is 2. The molecule has 0 saturated carbocycles. The number of carbonyl (C=O) groups is 1. The summed E-state index contributed by atoms with van der Waals surface area (Å²) in [5, 5.41) is 1.92. The molecule has 19 heavy (non-hydrogen) atoms. The van der Waals surface area contributed by atoms with Crippen molar-refractivity contribution in [2.75, 3.05) is 17.2 Å². The molecule has 1 aliphatic heterocycles. The van der Waals surface area contributed by atoms with Crippen LogP contribution in [0, 0.1) is 0 Å². The third-order valence-electron chi connectivity index (χ3n) is 3.28. The normalized spacial score (nSPS) is 14.3. The highest BCUT2D eigenvalue weighted by molar-refractivity contribution is 9.10. The third-order valence-corrected chi connectivity index (χ3v) is 5.10. The van der Waals surface area contributed by atoms with E-state index in [-0.39, 0.29) is 5.91 Å². The monoisotopic (exact) mass is 336 g/mol. The molecule has 2 aromatic rings. The Kier molecular flexibility index (Phi) is 3.33. The van der Waals surface area contributed by atoms with Crippen molar-refractivity contribution in [1.29, 1.82) is 0 Å². The minimum atomic E-state index is 0.0626. The summed E-state index contributed by atoms with van der Waals surface area (Å²) in [6, 6.07) is 7.68. The van der Waals surface area contributed by atoms with Crippen LogP contribution >= 0.6 is 27.3 Å². The number of hydrogen-bond donors (Lipinski definition) is 1. The lowest BCUT2D eigenvalue weighted by atomic mass is 10.0. The van der Waals surface area contributed by atoms with Gasteiger partial charge in [0.05, 0.1) is 0 Å². The molecule has 0 atom stereocenters. The number of amides is 1. The highest BCUT2D eigenvalue weighted by Crippen LogP contribution is 2.32. The molecular weight excluding hydrogens is 324 g/mol. The molecule has 5 heteroatoms. The van der Waals surface area contributed by atoms with Crippen LogP contribution in [0.15, 0.2) is 34.1 Å². The summed E-state index contributed by atoms with van der Waals surface area (Å²) >= 11 is 4.89. The Labute approximate surface area is 124 Å². The van der Waals surface area contributed by atoms with E-state index < -0.39 is 0 Å². The first-order valence-corrected chi connectivity index (χ1v) is 7.77. The molecular formula is C14H13BrN2OS. The molecule has 0 bridgehead atoms. The summed E-state index contributed by atoms with van der Waals surface area (Å²) in [5.74, 6) is 0.0626. The molecule has 1 aromatic heterocycles. The van der Waals surface area contributed by atoms with Crippen molar-refractivity contribution in [3.63, 3.8) is 0 Å². The number of halogens is 1. The van der Waals surface area contributed by atoms with Crippen LogP contribution in [0.3, 0.4) is 0 Å². The lowest BCUT2D eigenvalue weighted by Gasteiger charge is -2.29. The van der Waals surface area contributed by atoms with E-state index in [1.54, 1.807) is 0 Å². The van der Waals surface area contributed by atoms with Gasteiger partial charge in [-0.25, -0.2) is 0 Å². The molecule has 0 aliphatic carbocycles. The van der Waals surface area contributed by atoms with Crippen molar-refractivity contribution < 1.29 is 4.79 Å². The van der Waals surface area contributed by atoms with E-state index in [0.717, 1.165) is 45.7 Å². The molecule has 1 aromatic carbocycles. The van der Waals surface area contributed by atoms with Gasteiger partial charge in [0.1, 0.15) is 4.88 Å². The molecule has 0 unspecified atom stereocenters. The molecule has 2 N–H and O–H groups in total. The standard InChI is InChI=1S/C14H13BrN2OS/c15-11-5-7-19-13(11)14(18)17-6-1-2-9-8-10(16)3-4-12(9)17/h3-5,7-8H,1-2,6,16H2. The molecule has 0 fully saturated rings. The molecule has 0 spiro atoms. The van der Waals surface area contributed by atoms with E-state index in [1.165, 1.54) is 11.3 Å². The smallest absolute Gasteiger partial charge is 0.269 e. The van der Waals surface area contributed by atoms with Gasteiger partial charge < -0.3 is 10.6 Å². The van der Waals surface area contributed by atoms with E-state index in [0.29, 0.717) is 0 Å².